The second kappa shape index (κ2) is 5.55. The molecule has 0 spiro atoms. The van der Waals surface area contributed by atoms with E-state index in [1.807, 2.05) is 6.20 Å². The molecule has 0 radical (unpaired) electrons. The van der Waals surface area contributed by atoms with Gasteiger partial charge in [-0.3, -0.25) is 4.90 Å². The summed E-state index contributed by atoms with van der Waals surface area (Å²) >= 11 is 1.80. The average Bonchev–Trinajstić information content (AvgIpc) is 3.02. The standard InChI is InChI=1S/C13H21N3OS/c1-11-8-14-13(18-11)16-5-3-15(4-6-16)9-12-2-7-17-10-12/h8,12H,2-7,9-10H2,1H3. The van der Waals surface area contributed by atoms with Crippen LogP contribution in [-0.2, 0) is 4.74 Å². The highest BCUT2D eigenvalue weighted by atomic mass is 32.1. The number of hydrogen-bond donors (Lipinski definition) is 0. The Morgan fingerprint density at radius 2 is 2.22 bits per heavy atom. The molecule has 2 aliphatic rings. The van der Waals surface area contributed by atoms with Crippen LogP contribution in [0.3, 0.4) is 0 Å². The van der Waals surface area contributed by atoms with Gasteiger partial charge in [-0.2, -0.15) is 0 Å². The first-order chi connectivity index (χ1) is 8.81. The van der Waals surface area contributed by atoms with Crippen molar-refractivity contribution in [3.63, 3.8) is 0 Å². The highest BCUT2D eigenvalue weighted by Crippen LogP contribution is 2.23. The van der Waals surface area contributed by atoms with Crippen molar-refractivity contribution >= 4 is 16.5 Å². The largest absolute Gasteiger partial charge is 0.381 e. The van der Waals surface area contributed by atoms with Crippen LogP contribution in [-0.4, -0.2) is 55.8 Å². The number of thiazole rings is 1. The summed E-state index contributed by atoms with van der Waals surface area (Å²) in [6, 6.07) is 0. The molecular weight excluding hydrogens is 246 g/mol. The van der Waals surface area contributed by atoms with Crippen molar-refractivity contribution in [2.75, 3.05) is 50.8 Å². The number of piperazine rings is 1. The maximum atomic E-state index is 5.45. The molecule has 0 amide bonds. The molecule has 0 N–H and O–H groups in total. The van der Waals surface area contributed by atoms with Gasteiger partial charge in [-0.15, -0.1) is 11.3 Å². The van der Waals surface area contributed by atoms with Gasteiger partial charge in [0.15, 0.2) is 5.13 Å². The average molecular weight is 267 g/mol. The van der Waals surface area contributed by atoms with Crippen LogP contribution >= 0.6 is 11.3 Å². The summed E-state index contributed by atoms with van der Waals surface area (Å²) in [6.45, 7) is 9.81. The van der Waals surface area contributed by atoms with Crippen molar-refractivity contribution in [1.29, 1.82) is 0 Å². The predicted molar refractivity (Wildman–Crippen MR) is 74.4 cm³/mol. The minimum absolute atomic E-state index is 0.763. The first-order valence-corrected chi connectivity index (χ1v) is 7.60. The molecule has 0 aromatic carbocycles. The maximum absolute atomic E-state index is 5.45. The molecular formula is C13H21N3OS. The number of hydrogen-bond acceptors (Lipinski definition) is 5. The number of rotatable bonds is 3. The molecule has 0 bridgehead atoms. The van der Waals surface area contributed by atoms with Gasteiger partial charge in [-0.25, -0.2) is 4.98 Å². The minimum atomic E-state index is 0.763. The summed E-state index contributed by atoms with van der Waals surface area (Å²) in [5.41, 5.74) is 0. The van der Waals surface area contributed by atoms with E-state index in [1.165, 1.54) is 23.0 Å². The van der Waals surface area contributed by atoms with E-state index in [0.29, 0.717) is 0 Å². The van der Waals surface area contributed by atoms with E-state index in [4.69, 9.17) is 4.74 Å². The van der Waals surface area contributed by atoms with Crippen molar-refractivity contribution in [2.45, 2.75) is 13.3 Å². The summed E-state index contributed by atoms with van der Waals surface area (Å²) in [5, 5.41) is 1.19. The van der Waals surface area contributed by atoms with Gasteiger partial charge in [-0.1, -0.05) is 0 Å². The van der Waals surface area contributed by atoms with Gasteiger partial charge in [0.25, 0.3) is 0 Å². The lowest BCUT2D eigenvalue weighted by molar-refractivity contribution is 0.164. The minimum Gasteiger partial charge on any atom is -0.381 e. The van der Waals surface area contributed by atoms with Crippen LogP contribution in [0.2, 0.25) is 0 Å². The molecule has 3 rings (SSSR count). The topological polar surface area (TPSA) is 28.6 Å². The van der Waals surface area contributed by atoms with E-state index >= 15 is 0 Å². The highest BCUT2D eigenvalue weighted by Gasteiger charge is 2.23. The van der Waals surface area contributed by atoms with Crippen LogP contribution in [0.5, 0.6) is 0 Å². The first-order valence-electron chi connectivity index (χ1n) is 6.79. The van der Waals surface area contributed by atoms with Gasteiger partial charge >= 0.3 is 0 Å². The summed E-state index contributed by atoms with van der Waals surface area (Å²) < 4.78 is 5.45. The summed E-state index contributed by atoms with van der Waals surface area (Å²) in [6.07, 6.45) is 3.22. The van der Waals surface area contributed by atoms with Gasteiger partial charge in [0.1, 0.15) is 0 Å². The van der Waals surface area contributed by atoms with E-state index < -0.39 is 0 Å². The van der Waals surface area contributed by atoms with E-state index in [0.717, 1.165) is 45.3 Å². The van der Waals surface area contributed by atoms with E-state index in [1.54, 1.807) is 11.3 Å². The van der Waals surface area contributed by atoms with Crippen molar-refractivity contribution in [3.05, 3.63) is 11.1 Å². The fourth-order valence-electron chi connectivity index (χ4n) is 2.70. The van der Waals surface area contributed by atoms with Crippen LogP contribution < -0.4 is 4.90 Å². The molecule has 3 heterocycles. The van der Waals surface area contributed by atoms with Crippen molar-refractivity contribution in [1.82, 2.24) is 9.88 Å². The highest BCUT2D eigenvalue weighted by molar-refractivity contribution is 7.15. The lowest BCUT2D eigenvalue weighted by Crippen LogP contribution is -2.47. The van der Waals surface area contributed by atoms with E-state index in [2.05, 4.69) is 21.7 Å². The Balaban J connectivity index is 1.48. The molecule has 0 saturated carbocycles. The van der Waals surface area contributed by atoms with Crippen LogP contribution in [0.15, 0.2) is 6.20 Å². The Kier molecular flexibility index (Phi) is 3.82. The second-order valence-corrected chi connectivity index (χ2v) is 6.48. The Labute approximate surface area is 113 Å². The third-order valence-corrected chi connectivity index (χ3v) is 4.77. The van der Waals surface area contributed by atoms with Gasteiger partial charge in [0.2, 0.25) is 0 Å². The lowest BCUT2D eigenvalue weighted by atomic mass is 10.1. The van der Waals surface area contributed by atoms with Gasteiger partial charge in [0, 0.05) is 50.4 Å². The third-order valence-electron chi connectivity index (χ3n) is 3.79. The van der Waals surface area contributed by atoms with Crippen molar-refractivity contribution in [3.8, 4) is 0 Å². The summed E-state index contributed by atoms with van der Waals surface area (Å²) in [7, 11) is 0. The molecule has 0 aliphatic carbocycles. The van der Waals surface area contributed by atoms with Crippen LogP contribution in [0, 0.1) is 12.8 Å². The molecule has 2 saturated heterocycles. The molecule has 2 aliphatic heterocycles. The zero-order chi connectivity index (χ0) is 12.4. The molecule has 100 valence electrons. The number of anilines is 1. The number of ether oxygens (including phenoxy) is 1. The normalized spacial score (nSPS) is 25.8. The molecule has 1 atom stereocenters. The van der Waals surface area contributed by atoms with Crippen molar-refractivity contribution < 1.29 is 4.74 Å². The smallest absolute Gasteiger partial charge is 0.185 e. The summed E-state index contributed by atoms with van der Waals surface area (Å²) in [4.78, 5) is 10.8. The quantitative estimate of drug-likeness (QED) is 0.832. The van der Waals surface area contributed by atoms with E-state index in [-0.39, 0.29) is 0 Å². The molecule has 1 aromatic rings. The monoisotopic (exact) mass is 267 g/mol. The number of aryl methyl sites for hydroxylation is 1. The fraction of sp³-hybridized carbons (Fsp3) is 0.769. The second-order valence-electron chi connectivity index (χ2n) is 5.27. The van der Waals surface area contributed by atoms with Gasteiger partial charge in [0.05, 0.1) is 6.61 Å². The Bertz CT molecular complexity index is 381. The Morgan fingerprint density at radius 1 is 1.39 bits per heavy atom. The van der Waals surface area contributed by atoms with Gasteiger partial charge in [-0.05, 0) is 19.3 Å². The van der Waals surface area contributed by atoms with Crippen LogP contribution in [0.25, 0.3) is 0 Å². The molecule has 1 unspecified atom stereocenters. The van der Waals surface area contributed by atoms with Crippen molar-refractivity contribution in [2.24, 2.45) is 5.92 Å². The Morgan fingerprint density at radius 3 is 2.83 bits per heavy atom. The Hall–Kier alpha value is -0.650. The molecule has 18 heavy (non-hydrogen) atoms. The van der Waals surface area contributed by atoms with E-state index in [9.17, 15) is 0 Å². The predicted octanol–water partition coefficient (Wildman–Crippen LogP) is 1.61. The maximum Gasteiger partial charge on any atom is 0.185 e. The molecule has 2 fully saturated rings. The number of nitrogens with zero attached hydrogens (tertiary/aromatic N) is 3. The SMILES string of the molecule is Cc1cnc(N2CCN(CC3CCOC3)CC2)s1. The van der Waals surface area contributed by atoms with Crippen LogP contribution in [0.4, 0.5) is 5.13 Å². The number of aromatic nitrogens is 1. The third kappa shape index (κ3) is 2.84. The summed E-state index contributed by atoms with van der Waals surface area (Å²) in [5.74, 6) is 0.763. The molecule has 1 aromatic heterocycles. The first kappa shape index (κ1) is 12.4. The zero-order valence-corrected chi connectivity index (χ0v) is 11.8. The van der Waals surface area contributed by atoms with Gasteiger partial charge < -0.3 is 9.64 Å². The lowest BCUT2D eigenvalue weighted by Gasteiger charge is -2.35. The molecule has 5 heteroatoms. The van der Waals surface area contributed by atoms with Crippen LogP contribution in [0.1, 0.15) is 11.3 Å². The molecule has 4 nitrogen and oxygen atoms in total. The fourth-order valence-corrected chi connectivity index (χ4v) is 3.51. The zero-order valence-electron chi connectivity index (χ0n) is 11.0.